The summed E-state index contributed by atoms with van der Waals surface area (Å²) < 4.78 is 5.47. The number of amides is 1. The van der Waals surface area contributed by atoms with E-state index in [1.165, 1.54) is 0 Å². The Morgan fingerprint density at radius 3 is 2.58 bits per heavy atom. The molecular formula is C19H33N5O2. The molecule has 0 fully saturated rings. The van der Waals surface area contributed by atoms with E-state index in [2.05, 4.69) is 20.6 Å². The molecule has 0 atom stereocenters. The molecular weight excluding hydrogens is 330 g/mol. The van der Waals surface area contributed by atoms with Crippen molar-refractivity contribution in [2.45, 2.75) is 59.2 Å². The molecule has 1 amide bonds. The van der Waals surface area contributed by atoms with Crippen LogP contribution in [0.25, 0.3) is 0 Å². The van der Waals surface area contributed by atoms with Crippen LogP contribution in [0.3, 0.4) is 0 Å². The van der Waals surface area contributed by atoms with Crippen molar-refractivity contribution in [3.63, 3.8) is 0 Å². The summed E-state index contributed by atoms with van der Waals surface area (Å²) in [6.07, 6.45) is 2.29. The quantitative estimate of drug-likeness (QED) is 0.442. The summed E-state index contributed by atoms with van der Waals surface area (Å²) in [7, 11) is 1.73. The summed E-state index contributed by atoms with van der Waals surface area (Å²) in [5.74, 6) is 0.712. The number of nitrogens with zero attached hydrogens (tertiary/aromatic N) is 3. The fourth-order valence-corrected chi connectivity index (χ4v) is 2.23. The lowest BCUT2D eigenvalue weighted by Crippen LogP contribution is -2.43. The highest BCUT2D eigenvalue weighted by Crippen LogP contribution is 2.12. The van der Waals surface area contributed by atoms with Crippen molar-refractivity contribution in [1.29, 1.82) is 0 Å². The molecule has 0 unspecified atom stereocenters. The zero-order valence-electron chi connectivity index (χ0n) is 16.9. The second-order valence-corrected chi connectivity index (χ2v) is 7.29. The molecule has 0 bridgehead atoms. The first-order chi connectivity index (χ1) is 12.2. The molecule has 7 heteroatoms. The zero-order chi connectivity index (χ0) is 19.6. The summed E-state index contributed by atoms with van der Waals surface area (Å²) in [6, 6.07) is 5.90. The SMILES string of the molecule is CN=C(NCCCN(C(=O)OC(C)(C)C)C(C)C)NCc1ccccn1. The predicted molar refractivity (Wildman–Crippen MR) is 105 cm³/mol. The number of ether oxygens (including phenoxy) is 1. The summed E-state index contributed by atoms with van der Waals surface area (Å²) in [5.41, 5.74) is 0.464. The lowest BCUT2D eigenvalue weighted by molar-refractivity contribution is 0.0190. The van der Waals surface area contributed by atoms with E-state index in [0.29, 0.717) is 25.6 Å². The van der Waals surface area contributed by atoms with Crippen LogP contribution in [0.5, 0.6) is 0 Å². The number of hydrogen-bond donors (Lipinski definition) is 2. The van der Waals surface area contributed by atoms with Gasteiger partial charge in [0.25, 0.3) is 0 Å². The largest absolute Gasteiger partial charge is 0.444 e. The van der Waals surface area contributed by atoms with Gasteiger partial charge in [0.1, 0.15) is 5.60 Å². The number of nitrogens with one attached hydrogen (secondary N) is 2. The molecule has 1 aromatic rings. The van der Waals surface area contributed by atoms with Crippen molar-refractivity contribution in [3.05, 3.63) is 30.1 Å². The molecule has 146 valence electrons. The highest BCUT2D eigenvalue weighted by molar-refractivity contribution is 5.79. The molecule has 0 saturated heterocycles. The van der Waals surface area contributed by atoms with Crippen LogP contribution in [0.15, 0.2) is 29.4 Å². The van der Waals surface area contributed by atoms with Crippen LogP contribution in [0.2, 0.25) is 0 Å². The number of guanidine groups is 1. The van der Waals surface area contributed by atoms with E-state index < -0.39 is 5.60 Å². The van der Waals surface area contributed by atoms with E-state index in [1.807, 2.05) is 52.8 Å². The molecule has 1 aromatic heterocycles. The second kappa shape index (κ2) is 10.6. The molecule has 7 nitrogen and oxygen atoms in total. The number of carbonyl (C=O) groups excluding carboxylic acids is 1. The van der Waals surface area contributed by atoms with Crippen LogP contribution < -0.4 is 10.6 Å². The van der Waals surface area contributed by atoms with Crippen molar-refractivity contribution in [2.24, 2.45) is 4.99 Å². The molecule has 1 rings (SSSR count). The van der Waals surface area contributed by atoms with E-state index in [4.69, 9.17) is 4.74 Å². The first-order valence-electron chi connectivity index (χ1n) is 9.07. The highest BCUT2D eigenvalue weighted by atomic mass is 16.6. The Balaban J connectivity index is 2.38. The van der Waals surface area contributed by atoms with Gasteiger partial charge in [-0.05, 0) is 53.2 Å². The number of hydrogen-bond acceptors (Lipinski definition) is 4. The Morgan fingerprint density at radius 2 is 2.04 bits per heavy atom. The zero-order valence-corrected chi connectivity index (χ0v) is 16.9. The Kier molecular flexibility index (Phi) is 8.88. The lowest BCUT2D eigenvalue weighted by atomic mass is 10.2. The fourth-order valence-electron chi connectivity index (χ4n) is 2.23. The van der Waals surface area contributed by atoms with E-state index in [9.17, 15) is 4.79 Å². The van der Waals surface area contributed by atoms with Gasteiger partial charge in [-0.25, -0.2) is 4.79 Å². The van der Waals surface area contributed by atoms with Crippen LogP contribution in [0, 0.1) is 0 Å². The maximum atomic E-state index is 12.3. The molecule has 0 spiro atoms. The Labute approximate surface area is 157 Å². The molecule has 26 heavy (non-hydrogen) atoms. The van der Waals surface area contributed by atoms with E-state index in [-0.39, 0.29) is 12.1 Å². The van der Waals surface area contributed by atoms with Crippen molar-refractivity contribution in [2.75, 3.05) is 20.1 Å². The summed E-state index contributed by atoms with van der Waals surface area (Å²) in [4.78, 5) is 22.5. The normalized spacial score (nSPS) is 12.0. The summed E-state index contributed by atoms with van der Waals surface area (Å²) >= 11 is 0. The van der Waals surface area contributed by atoms with Crippen LogP contribution in [-0.4, -0.2) is 53.7 Å². The van der Waals surface area contributed by atoms with E-state index in [1.54, 1.807) is 18.1 Å². The van der Waals surface area contributed by atoms with Crippen molar-refractivity contribution in [3.8, 4) is 0 Å². The number of aromatic nitrogens is 1. The number of rotatable bonds is 7. The smallest absolute Gasteiger partial charge is 0.410 e. The fraction of sp³-hybridized carbons (Fsp3) is 0.632. The molecule has 0 aliphatic carbocycles. The maximum Gasteiger partial charge on any atom is 0.410 e. The minimum Gasteiger partial charge on any atom is -0.444 e. The van der Waals surface area contributed by atoms with Gasteiger partial charge >= 0.3 is 6.09 Å². The van der Waals surface area contributed by atoms with Gasteiger partial charge in [-0.15, -0.1) is 0 Å². The first kappa shape index (κ1) is 21.7. The molecule has 1 heterocycles. The lowest BCUT2D eigenvalue weighted by Gasteiger charge is -2.30. The highest BCUT2D eigenvalue weighted by Gasteiger charge is 2.23. The number of aliphatic imine (C=N–C) groups is 1. The van der Waals surface area contributed by atoms with Crippen LogP contribution in [-0.2, 0) is 11.3 Å². The summed E-state index contributed by atoms with van der Waals surface area (Å²) in [6.45, 7) is 11.5. The number of carbonyl (C=O) groups is 1. The molecule has 0 aromatic carbocycles. The van der Waals surface area contributed by atoms with Crippen molar-refractivity contribution in [1.82, 2.24) is 20.5 Å². The van der Waals surface area contributed by atoms with Gasteiger partial charge in [0.05, 0.1) is 12.2 Å². The van der Waals surface area contributed by atoms with E-state index in [0.717, 1.165) is 12.1 Å². The van der Waals surface area contributed by atoms with Gasteiger partial charge in [0.15, 0.2) is 5.96 Å². The summed E-state index contributed by atoms with van der Waals surface area (Å²) in [5, 5.41) is 6.48. The molecule has 0 aliphatic rings. The van der Waals surface area contributed by atoms with Crippen LogP contribution in [0.4, 0.5) is 4.79 Å². The van der Waals surface area contributed by atoms with Gasteiger partial charge in [0.2, 0.25) is 0 Å². The number of pyridine rings is 1. The predicted octanol–water partition coefficient (Wildman–Crippen LogP) is 2.78. The van der Waals surface area contributed by atoms with Crippen molar-refractivity contribution >= 4 is 12.1 Å². The molecule has 0 radical (unpaired) electrons. The third-order valence-electron chi connectivity index (χ3n) is 3.51. The first-order valence-corrected chi connectivity index (χ1v) is 9.07. The van der Waals surface area contributed by atoms with Gasteiger partial charge in [-0.3, -0.25) is 9.98 Å². The Bertz CT molecular complexity index is 567. The van der Waals surface area contributed by atoms with Gasteiger partial charge < -0.3 is 20.3 Å². The standard InChI is InChI=1S/C19H33N5O2/c1-15(2)24(18(25)26-19(3,4)5)13-9-12-22-17(20-6)23-14-16-10-7-8-11-21-16/h7-8,10-11,15H,9,12-14H2,1-6H3,(H2,20,22,23). The molecule has 0 saturated carbocycles. The van der Waals surface area contributed by atoms with Gasteiger partial charge in [0, 0.05) is 32.4 Å². The van der Waals surface area contributed by atoms with Gasteiger partial charge in [-0.2, -0.15) is 0 Å². The van der Waals surface area contributed by atoms with Crippen LogP contribution in [0.1, 0.15) is 46.7 Å². The van der Waals surface area contributed by atoms with E-state index >= 15 is 0 Å². The third-order valence-corrected chi connectivity index (χ3v) is 3.51. The minimum absolute atomic E-state index is 0.0893. The maximum absolute atomic E-state index is 12.3. The Morgan fingerprint density at radius 1 is 1.31 bits per heavy atom. The molecule has 2 N–H and O–H groups in total. The average Bonchev–Trinajstić information content (AvgIpc) is 2.56. The van der Waals surface area contributed by atoms with Crippen molar-refractivity contribution < 1.29 is 9.53 Å². The third kappa shape index (κ3) is 8.69. The second-order valence-electron chi connectivity index (χ2n) is 7.29. The average molecular weight is 364 g/mol. The van der Waals surface area contributed by atoms with Crippen LogP contribution >= 0.6 is 0 Å². The molecule has 0 aliphatic heterocycles. The van der Waals surface area contributed by atoms with Gasteiger partial charge in [-0.1, -0.05) is 6.07 Å². The topological polar surface area (TPSA) is 78.9 Å². The monoisotopic (exact) mass is 363 g/mol. The minimum atomic E-state index is -0.486. The Hall–Kier alpha value is -2.31.